The Morgan fingerprint density at radius 3 is 2.64 bits per heavy atom. The van der Waals surface area contributed by atoms with E-state index in [1.54, 1.807) is 12.3 Å². The van der Waals surface area contributed by atoms with Crippen molar-refractivity contribution in [2.45, 2.75) is 45.2 Å². The second-order valence-electron chi connectivity index (χ2n) is 8.55. The van der Waals surface area contributed by atoms with E-state index in [1.165, 1.54) is 0 Å². The third kappa shape index (κ3) is 5.32. The maximum Gasteiger partial charge on any atom is 0.320 e. The number of hydrogen-bond acceptors (Lipinski definition) is 4. The van der Waals surface area contributed by atoms with Gasteiger partial charge in [-0.05, 0) is 60.2 Å². The van der Waals surface area contributed by atoms with E-state index < -0.39 is 12.0 Å². The largest absolute Gasteiger partial charge is 0.480 e. The van der Waals surface area contributed by atoms with Crippen LogP contribution >= 0.6 is 11.6 Å². The molecule has 0 radical (unpaired) electrons. The lowest BCUT2D eigenvalue weighted by atomic mass is 9.93. The van der Waals surface area contributed by atoms with Crippen LogP contribution in [0.3, 0.4) is 0 Å². The predicted octanol–water partition coefficient (Wildman–Crippen LogP) is 5.57. The Hall–Kier alpha value is -3.02. The standard InChI is InChI=1S/C27H27ClN2O3/c1-18-21(10-7-11-22(18)20-8-3-2-4-9-20)15-25(31)26-23(28)14-19(16-29-26)17-30-13-6-5-12-24(30)27(32)33/h2-4,7-11,14,16,24H,5-6,12-13,15,17H2,1H3,(H,32,33)/t24-/m0/s1. The average molecular weight is 463 g/mol. The van der Waals surface area contributed by atoms with Crippen LogP contribution in [0.25, 0.3) is 11.1 Å². The Labute approximate surface area is 199 Å². The van der Waals surface area contributed by atoms with Crippen LogP contribution in [0.2, 0.25) is 5.02 Å². The highest BCUT2D eigenvalue weighted by Crippen LogP contribution is 2.27. The molecule has 0 amide bonds. The fraction of sp³-hybridized carbons (Fsp3) is 0.296. The van der Waals surface area contributed by atoms with E-state index in [-0.39, 0.29) is 17.9 Å². The summed E-state index contributed by atoms with van der Waals surface area (Å²) in [4.78, 5) is 30.9. The van der Waals surface area contributed by atoms with Crippen LogP contribution in [0.4, 0.5) is 0 Å². The van der Waals surface area contributed by atoms with E-state index in [4.69, 9.17) is 11.6 Å². The van der Waals surface area contributed by atoms with Gasteiger partial charge < -0.3 is 5.11 Å². The minimum Gasteiger partial charge on any atom is -0.480 e. The van der Waals surface area contributed by atoms with Gasteiger partial charge in [-0.25, -0.2) is 0 Å². The first-order chi connectivity index (χ1) is 15.9. The monoisotopic (exact) mass is 462 g/mol. The maximum absolute atomic E-state index is 13.0. The Kier molecular flexibility index (Phi) is 7.21. The lowest BCUT2D eigenvalue weighted by Gasteiger charge is -2.32. The second kappa shape index (κ2) is 10.3. The highest BCUT2D eigenvalue weighted by molar-refractivity contribution is 6.33. The Balaban J connectivity index is 1.50. The van der Waals surface area contributed by atoms with Gasteiger partial charge in [0.1, 0.15) is 11.7 Å². The molecule has 1 fully saturated rings. The lowest BCUT2D eigenvalue weighted by molar-refractivity contribution is -0.144. The Bertz CT molecular complexity index is 1160. The number of carboxylic acid groups (broad SMARTS) is 1. The number of rotatable bonds is 7. The maximum atomic E-state index is 13.0. The van der Waals surface area contributed by atoms with Crippen molar-refractivity contribution in [3.05, 3.63) is 88.2 Å². The van der Waals surface area contributed by atoms with Gasteiger partial charge in [0.25, 0.3) is 0 Å². The van der Waals surface area contributed by atoms with Crippen LogP contribution in [0, 0.1) is 6.92 Å². The summed E-state index contributed by atoms with van der Waals surface area (Å²) in [5.41, 5.74) is 5.29. The molecule has 2 aromatic carbocycles. The summed E-state index contributed by atoms with van der Waals surface area (Å²) in [7, 11) is 0. The van der Waals surface area contributed by atoms with Gasteiger partial charge in [-0.2, -0.15) is 0 Å². The molecule has 1 aliphatic heterocycles. The van der Waals surface area contributed by atoms with Gasteiger partial charge in [-0.3, -0.25) is 19.5 Å². The van der Waals surface area contributed by atoms with Crippen molar-refractivity contribution in [3.8, 4) is 11.1 Å². The predicted molar refractivity (Wildman–Crippen MR) is 130 cm³/mol. The molecule has 1 saturated heterocycles. The zero-order valence-electron chi connectivity index (χ0n) is 18.6. The number of nitrogens with zero attached hydrogens (tertiary/aromatic N) is 2. The Morgan fingerprint density at radius 1 is 1.12 bits per heavy atom. The number of likely N-dealkylation sites (tertiary alicyclic amines) is 1. The smallest absolute Gasteiger partial charge is 0.320 e. The third-order valence-electron chi connectivity index (χ3n) is 6.33. The van der Waals surface area contributed by atoms with Crippen molar-refractivity contribution in [2.75, 3.05) is 6.54 Å². The van der Waals surface area contributed by atoms with Gasteiger partial charge in [0.05, 0.1) is 5.02 Å². The molecular formula is C27H27ClN2O3. The molecule has 33 heavy (non-hydrogen) atoms. The van der Waals surface area contributed by atoms with Gasteiger partial charge in [-0.15, -0.1) is 0 Å². The number of benzene rings is 2. The highest BCUT2D eigenvalue weighted by atomic mass is 35.5. The van der Waals surface area contributed by atoms with Crippen molar-refractivity contribution in [1.82, 2.24) is 9.88 Å². The van der Waals surface area contributed by atoms with E-state index in [9.17, 15) is 14.7 Å². The molecule has 6 heteroatoms. The number of halogens is 1. The highest BCUT2D eigenvalue weighted by Gasteiger charge is 2.28. The summed E-state index contributed by atoms with van der Waals surface area (Å²) in [5.74, 6) is -0.935. The van der Waals surface area contributed by atoms with Gasteiger partial charge in [0.15, 0.2) is 5.78 Å². The number of aromatic nitrogens is 1. The van der Waals surface area contributed by atoms with Crippen LogP contribution in [0.15, 0.2) is 60.8 Å². The normalized spacial score (nSPS) is 16.5. The van der Waals surface area contributed by atoms with Crippen molar-refractivity contribution in [3.63, 3.8) is 0 Å². The van der Waals surface area contributed by atoms with Crippen LogP contribution < -0.4 is 0 Å². The second-order valence-corrected chi connectivity index (χ2v) is 8.96. The quantitative estimate of drug-likeness (QED) is 0.464. The summed E-state index contributed by atoms with van der Waals surface area (Å²) in [5, 5.41) is 9.79. The molecule has 4 rings (SSSR count). The minimum atomic E-state index is -0.798. The van der Waals surface area contributed by atoms with Crippen LogP contribution in [-0.2, 0) is 17.8 Å². The fourth-order valence-electron chi connectivity index (χ4n) is 4.53. The topological polar surface area (TPSA) is 70.5 Å². The van der Waals surface area contributed by atoms with Crippen LogP contribution in [0.5, 0.6) is 0 Å². The Morgan fingerprint density at radius 2 is 1.91 bits per heavy atom. The summed E-state index contributed by atoms with van der Waals surface area (Å²) >= 11 is 6.46. The lowest BCUT2D eigenvalue weighted by Crippen LogP contribution is -2.44. The number of ketones is 1. The molecule has 5 nitrogen and oxygen atoms in total. The van der Waals surface area contributed by atoms with Crippen molar-refractivity contribution < 1.29 is 14.7 Å². The number of hydrogen-bond donors (Lipinski definition) is 1. The van der Waals surface area contributed by atoms with E-state index >= 15 is 0 Å². The van der Waals surface area contributed by atoms with Crippen molar-refractivity contribution in [2.24, 2.45) is 0 Å². The molecule has 1 N–H and O–H groups in total. The molecule has 1 atom stereocenters. The summed E-state index contributed by atoms with van der Waals surface area (Å²) in [6.45, 7) is 3.21. The van der Waals surface area contributed by atoms with Gasteiger partial charge in [0.2, 0.25) is 0 Å². The number of carbonyl (C=O) groups excluding carboxylic acids is 1. The zero-order valence-corrected chi connectivity index (χ0v) is 19.4. The first-order valence-electron chi connectivity index (χ1n) is 11.2. The van der Waals surface area contributed by atoms with E-state index in [1.807, 2.05) is 42.2 Å². The molecule has 2 heterocycles. The van der Waals surface area contributed by atoms with E-state index in [0.29, 0.717) is 18.0 Å². The number of piperidine rings is 1. The first kappa shape index (κ1) is 23.1. The average Bonchev–Trinajstić information content (AvgIpc) is 2.81. The SMILES string of the molecule is Cc1c(CC(=O)c2ncc(CN3CCCC[C@H]3C(=O)O)cc2Cl)cccc1-c1ccccc1. The van der Waals surface area contributed by atoms with Crippen molar-refractivity contribution >= 4 is 23.4 Å². The van der Waals surface area contributed by atoms with Gasteiger partial charge in [0, 0.05) is 19.2 Å². The molecule has 170 valence electrons. The molecule has 3 aromatic rings. The van der Waals surface area contributed by atoms with Gasteiger partial charge in [-0.1, -0.05) is 66.6 Å². The number of carbonyl (C=O) groups is 2. The molecule has 0 bridgehead atoms. The van der Waals surface area contributed by atoms with E-state index in [0.717, 1.165) is 47.2 Å². The number of carboxylic acids is 1. The minimum absolute atomic E-state index is 0.138. The molecule has 0 unspecified atom stereocenters. The third-order valence-corrected chi connectivity index (χ3v) is 6.62. The summed E-state index contributed by atoms with van der Waals surface area (Å²) in [6, 6.07) is 17.3. The first-order valence-corrected chi connectivity index (χ1v) is 11.6. The fourth-order valence-corrected chi connectivity index (χ4v) is 4.82. The van der Waals surface area contributed by atoms with Crippen LogP contribution in [0.1, 0.15) is 46.4 Å². The molecule has 1 aromatic heterocycles. The van der Waals surface area contributed by atoms with Crippen LogP contribution in [-0.4, -0.2) is 39.3 Å². The van der Waals surface area contributed by atoms with Crippen molar-refractivity contribution in [1.29, 1.82) is 0 Å². The number of aliphatic carboxylic acids is 1. The number of pyridine rings is 1. The molecule has 1 aliphatic rings. The summed E-state index contributed by atoms with van der Waals surface area (Å²) < 4.78 is 0. The van der Waals surface area contributed by atoms with E-state index in [2.05, 4.69) is 23.2 Å². The molecular weight excluding hydrogens is 436 g/mol. The summed E-state index contributed by atoms with van der Waals surface area (Å²) in [6.07, 6.45) is 4.40. The number of Topliss-reactive ketones (excluding diaryl/α,β-unsaturated/α-hetero) is 1. The molecule has 0 aliphatic carbocycles. The zero-order chi connectivity index (χ0) is 23.4. The molecule has 0 saturated carbocycles. The van der Waals surface area contributed by atoms with Gasteiger partial charge >= 0.3 is 5.97 Å². The molecule has 0 spiro atoms.